The van der Waals surface area contributed by atoms with E-state index in [1.807, 2.05) is 60.7 Å². The van der Waals surface area contributed by atoms with E-state index in [1.54, 1.807) is 13.2 Å². The maximum absolute atomic E-state index is 14.3. The summed E-state index contributed by atoms with van der Waals surface area (Å²) in [7, 11) is 2.94. The van der Waals surface area contributed by atoms with Crippen molar-refractivity contribution in [3.63, 3.8) is 0 Å². The van der Waals surface area contributed by atoms with Gasteiger partial charge >= 0.3 is 5.97 Å². The number of ether oxygens (including phenoxy) is 3. The molecule has 0 saturated heterocycles. The number of para-hydroxylation sites is 2. The lowest BCUT2D eigenvalue weighted by atomic mass is 9.83. The molecule has 1 N–H and O–H groups in total. The molecular formula is C31H30FNO4. The molecule has 37 heavy (non-hydrogen) atoms. The molecule has 4 aromatic rings. The lowest BCUT2D eigenvalue weighted by molar-refractivity contribution is 0.0596. The molecule has 5 nitrogen and oxygen atoms in total. The van der Waals surface area contributed by atoms with Gasteiger partial charge in [0.15, 0.2) is 0 Å². The van der Waals surface area contributed by atoms with E-state index in [2.05, 4.69) is 18.3 Å². The Kier molecular flexibility index (Phi) is 7.10. The van der Waals surface area contributed by atoms with Gasteiger partial charge in [0.2, 0.25) is 0 Å². The van der Waals surface area contributed by atoms with Crippen LogP contribution in [0.1, 0.15) is 52.4 Å². The number of carbonyl (C=O) groups excluding carboxylic acids is 1. The summed E-state index contributed by atoms with van der Waals surface area (Å²) in [4.78, 5) is 12.4. The van der Waals surface area contributed by atoms with Crippen LogP contribution < -0.4 is 14.8 Å². The SMILES string of the molecule is COC(=O)c1cccc(C2CC(CN[C@H](C)c3ccc(F)c4ccccc34)Oc3ccccc32)c1OC. The van der Waals surface area contributed by atoms with Gasteiger partial charge in [-0.05, 0) is 42.5 Å². The van der Waals surface area contributed by atoms with Crippen LogP contribution in [-0.4, -0.2) is 32.8 Å². The second-order valence-electron chi connectivity index (χ2n) is 9.30. The Morgan fingerprint density at radius 1 is 0.973 bits per heavy atom. The van der Waals surface area contributed by atoms with Gasteiger partial charge < -0.3 is 19.5 Å². The van der Waals surface area contributed by atoms with E-state index in [4.69, 9.17) is 14.2 Å². The van der Waals surface area contributed by atoms with Crippen molar-refractivity contribution in [1.82, 2.24) is 5.32 Å². The van der Waals surface area contributed by atoms with Gasteiger partial charge in [-0.3, -0.25) is 0 Å². The molecule has 0 fully saturated rings. The maximum Gasteiger partial charge on any atom is 0.341 e. The van der Waals surface area contributed by atoms with Gasteiger partial charge in [0.25, 0.3) is 0 Å². The number of hydrogen-bond donors (Lipinski definition) is 1. The van der Waals surface area contributed by atoms with E-state index in [1.165, 1.54) is 13.2 Å². The van der Waals surface area contributed by atoms with Crippen molar-refractivity contribution < 1.29 is 23.4 Å². The van der Waals surface area contributed by atoms with E-state index in [9.17, 15) is 9.18 Å². The van der Waals surface area contributed by atoms with Crippen LogP contribution in [0, 0.1) is 5.82 Å². The minimum absolute atomic E-state index is 0.0121. The summed E-state index contributed by atoms with van der Waals surface area (Å²) in [6.07, 6.45) is 0.572. The summed E-state index contributed by atoms with van der Waals surface area (Å²) < 4.78 is 31.4. The second kappa shape index (κ2) is 10.6. The average molecular weight is 500 g/mol. The Balaban J connectivity index is 1.42. The van der Waals surface area contributed by atoms with Crippen LogP contribution in [0.5, 0.6) is 11.5 Å². The predicted octanol–water partition coefficient (Wildman–Crippen LogP) is 6.41. The summed E-state index contributed by atoms with van der Waals surface area (Å²) in [5.74, 6) is 0.658. The molecule has 0 saturated carbocycles. The Bertz CT molecular complexity index is 1440. The average Bonchev–Trinajstić information content (AvgIpc) is 2.95. The van der Waals surface area contributed by atoms with E-state index in [0.717, 1.165) is 27.8 Å². The van der Waals surface area contributed by atoms with Gasteiger partial charge in [0.05, 0.1) is 14.2 Å². The van der Waals surface area contributed by atoms with Crippen LogP contribution in [0.15, 0.2) is 78.9 Å². The number of rotatable bonds is 7. The van der Waals surface area contributed by atoms with Crippen molar-refractivity contribution >= 4 is 16.7 Å². The third kappa shape index (κ3) is 4.77. The Labute approximate surface area is 216 Å². The number of carbonyl (C=O) groups is 1. The van der Waals surface area contributed by atoms with Crippen molar-refractivity contribution in [3.05, 3.63) is 107 Å². The number of esters is 1. The molecule has 0 aliphatic carbocycles. The smallest absolute Gasteiger partial charge is 0.341 e. The van der Waals surface area contributed by atoms with Crippen LogP contribution >= 0.6 is 0 Å². The van der Waals surface area contributed by atoms with Gasteiger partial charge in [0, 0.05) is 35.0 Å². The molecule has 0 aromatic heterocycles. The maximum atomic E-state index is 14.3. The summed E-state index contributed by atoms with van der Waals surface area (Å²) in [5.41, 5.74) is 3.41. The molecule has 1 aliphatic heterocycles. The number of hydrogen-bond acceptors (Lipinski definition) is 5. The monoisotopic (exact) mass is 499 g/mol. The first-order valence-electron chi connectivity index (χ1n) is 12.4. The Hall–Kier alpha value is -3.90. The zero-order valence-electron chi connectivity index (χ0n) is 21.2. The minimum Gasteiger partial charge on any atom is -0.496 e. The number of fused-ring (bicyclic) bond motifs is 2. The van der Waals surface area contributed by atoms with Crippen LogP contribution in [0.2, 0.25) is 0 Å². The topological polar surface area (TPSA) is 56.8 Å². The van der Waals surface area contributed by atoms with Gasteiger partial charge in [-0.15, -0.1) is 0 Å². The first-order chi connectivity index (χ1) is 18.0. The first-order valence-corrected chi connectivity index (χ1v) is 12.4. The van der Waals surface area contributed by atoms with Crippen molar-refractivity contribution in [1.29, 1.82) is 0 Å². The molecule has 1 aliphatic rings. The number of nitrogens with one attached hydrogen (secondary N) is 1. The Morgan fingerprint density at radius 2 is 1.70 bits per heavy atom. The third-order valence-electron chi connectivity index (χ3n) is 7.14. The van der Waals surface area contributed by atoms with Crippen molar-refractivity contribution in [2.45, 2.75) is 31.4 Å². The highest BCUT2D eigenvalue weighted by Gasteiger charge is 2.32. The lowest BCUT2D eigenvalue weighted by Crippen LogP contribution is -2.37. The molecule has 0 spiro atoms. The standard InChI is InChI=1S/C31H30FNO4/c1-19(21-15-16-28(32)23-10-5-4-9-22(21)23)33-18-20-17-27(24-11-6-7-14-29(24)37-20)25-12-8-13-26(30(25)35-2)31(34)36-3/h4-16,19-20,27,33H,17-18H2,1-3H3/t19-,20?,27?/m1/s1. The van der Waals surface area contributed by atoms with Crippen LogP contribution in [0.3, 0.4) is 0 Å². The van der Waals surface area contributed by atoms with Gasteiger partial charge in [0.1, 0.15) is 29.0 Å². The summed E-state index contributed by atoms with van der Waals surface area (Å²) in [5, 5.41) is 5.12. The van der Waals surface area contributed by atoms with Crippen molar-refractivity contribution in [2.24, 2.45) is 0 Å². The molecule has 1 heterocycles. The van der Waals surface area contributed by atoms with Crippen LogP contribution in [0.4, 0.5) is 4.39 Å². The van der Waals surface area contributed by atoms with Gasteiger partial charge in [-0.2, -0.15) is 0 Å². The molecule has 190 valence electrons. The normalized spacial score (nSPS) is 17.5. The third-order valence-corrected chi connectivity index (χ3v) is 7.14. The molecule has 6 heteroatoms. The number of benzene rings is 4. The fourth-order valence-electron chi connectivity index (χ4n) is 5.32. The minimum atomic E-state index is -0.433. The highest BCUT2D eigenvalue weighted by Crippen LogP contribution is 2.44. The van der Waals surface area contributed by atoms with Crippen molar-refractivity contribution in [2.75, 3.05) is 20.8 Å². The lowest BCUT2D eigenvalue weighted by Gasteiger charge is -2.34. The predicted molar refractivity (Wildman–Crippen MR) is 142 cm³/mol. The highest BCUT2D eigenvalue weighted by molar-refractivity contribution is 5.93. The van der Waals surface area contributed by atoms with Gasteiger partial charge in [-0.25, -0.2) is 9.18 Å². The molecule has 5 rings (SSSR count). The van der Waals surface area contributed by atoms with Crippen LogP contribution in [0.25, 0.3) is 10.8 Å². The summed E-state index contributed by atoms with van der Waals surface area (Å²) in [6, 6.07) is 24.5. The fourth-order valence-corrected chi connectivity index (χ4v) is 5.32. The summed E-state index contributed by atoms with van der Waals surface area (Å²) in [6.45, 7) is 2.67. The summed E-state index contributed by atoms with van der Waals surface area (Å²) >= 11 is 0. The van der Waals surface area contributed by atoms with E-state index >= 15 is 0 Å². The van der Waals surface area contributed by atoms with E-state index < -0.39 is 5.97 Å². The zero-order chi connectivity index (χ0) is 25.9. The molecule has 0 radical (unpaired) electrons. The Morgan fingerprint density at radius 3 is 2.49 bits per heavy atom. The largest absolute Gasteiger partial charge is 0.496 e. The number of methoxy groups -OCH3 is 2. The van der Waals surface area contributed by atoms with Gasteiger partial charge in [-0.1, -0.05) is 60.7 Å². The molecular weight excluding hydrogens is 469 g/mol. The molecule has 0 bridgehead atoms. The van der Waals surface area contributed by atoms with Crippen molar-refractivity contribution in [3.8, 4) is 11.5 Å². The highest BCUT2D eigenvalue weighted by atomic mass is 19.1. The zero-order valence-corrected chi connectivity index (χ0v) is 21.2. The molecule has 4 aromatic carbocycles. The quantitative estimate of drug-likeness (QED) is 0.298. The molecule has 0 amide bonds. The molecule has 2 unspecified atom stereocenters. The second-order valence-corrected chi connectivity index (χ2v) is 9.30. The molecule has 3 atom stereocenters. The van der Waals surface area contributed by atoms with E-state index in [0.29, 0.717) is 29.7 Å². The fraction of sp³-hybridized carbons (Fsp3) is 0.258. The van der Waals surface area contributed by atoms with E-state index in [-0.39, 0.29) is 23.9 Å². The number of halogens is 1. The van der Waals surface area contributed by atoms with Crippen LogP contribution in [-0.2, 0) is 4.74 Å². The first kappa shape index (κ1) is 24.8.